The van der Waals surface area contributed by atoms with E-state index in [1.54, 1.807) is 17.0 Å². The number of rotatable bonds is 8. The normalized spacial score (nSPS) is 16.0. The maximum absolute atomic E-state index is 13.1. The van der Waals surface area contributed by atoms with E-state index in [1.807, 2.05) is 24.3 Å². The van der Waals surface area contributed by atoms with E-state index < -0.39 is 11.9 Å². The lowest BCUT2D eigenvalue weighted by molar-refractivity contribution is -0.122. The van der Waals surface area contributed by atoms with Crippen molar-refractivity contribution >= 4 is 51.9 Å². The second kappa shape index (κ2) is 10.8. The minimum Gasteiger partial charge on any atom is -0.467 e. The van der Waals surface area contributed by atoms with Crippen LogP contribution < -0.4 is 10.6 Å². The number of halogens is 1. The minimum absolute atomic E-state index is 0.00665. The fraction of sp³-hybridized carbons (Fsp3) is 0.192. The highest BCUT2D eigenvalue weighted by atomic mass is 32.2. The molecule has 3 amide bonds. The summed E-state index contributed by atoms with van der Waals surface area (Å²) >= 11 is 1.16. The molecule has 0 radical (unpaired) electrons. The lowest BCUT2D eigenvalue weighted by Crippen LogP contribution is -2.44. The zero-order valence-electron chi connectivity index (χ0n) is 19.5. The van der Waals surface area contributed by atoms with Crippen molar-refractivity contribution < 1.29 is 23.2 Å². The van der Waals surface area contributed by atoms with Gasteiger partial charge in [-0.25, -0.2) is 9.38 Å². The molecule has 5 rings (SSSR count). The fourth-order valence-corrected chi connectivity index (χ4v) is 4.84. The van der Waals surface area contributed by atoms with Crippen LogP contribution in [0.5, 0.6) is 0 Å². The van der Waals surface area contributed by atoms with Crippen molar-refractivity contribution in [2.75, 3.05) is 11.1 Å². The van der Waals surface area contributed by atoms with E-state index in [4.69, 9.17) is 9.41 Å². The van der Waals surface area contributed by atoms with Crippen molar-refractivity contribution in [3.8, 4) is 0 Å². The molecular formula is C26H22FN5O4S. The molecule has 0 aliphatic carbocycles. The second-order valence-corrected chi connectivity index (χ2v) is 9.25. The molecule has 2 aromatic carbocycles. The monoisotopic (exact) mass is 519 g/mol. The summed E-state index contributed by atoms with van der Waals surface area (Å²) in [6, 6.07) is 15.6. The highest BCUT2D eigenvalue weighted by Crippen LogP contribution is 2.35. The fourth-order valence-electron chi connectivity index (χ4n) is 3.99. The number of para-hydroxylation sites is 1. The van der Waals surface area contributed by atoms with Gasteiger partial charge in [0.25, 0.3) is 5.91 Å². The van der Waals surface area contributed by atoms with Crippen LogP contribution in [0.25, 0.3) is 0 Å². The zero-order valence-corrected chi connectivity index (χ0v) is 20.3. The standard InChI is InChI=1S/C26H22FN5O4S/c27-16-7-9-17(10-8-16)29-23(34)15-37-26-30-20-6-2-1-5-19(20)24-31-25(35)21(32(24)26)11-12-22(33)28-14-18-4-3-13-36-18/h1-10,13,21H,11-12,14-15H2,(H,28,33)(H,29,34). The largest absolute Gasteiger partial charge is 0.467 e. The summed E-state index contributed by atoms with van der Waals surface area (Å²) in [5.41, 5.74) is 1.82. The van der Waals surface area contributed by atoms with Gasteiger partial charge < -0.3 is 15.1 Å². The first-order valence-corrected chi connectivity index (χ1v) is 12.5. The molecule has 3 heterocycles. The molecule has 1 atom stereocenters. The van der Waals surface area contributed by atoms with Crippen LogP contribution in [0.4, 0.5) is 15.8 Å². The Kier molecular flexibility index (Phi) is 7.13. The molecule has 0 bridgehead atoms. The number of anilines is 1. The third-order valence-corrected chi connectivity index (χ3v) is 6.71. The number of carbonyl (C=O) groups is 3. The van der Waals surface area contributed by atoms with Gasteiger partial charge in [-0.1, -0.05) is 23.9 Å². The second-order valence-electron chi connectivity index (χ2n) is 8.31. The molecule has 2 aliphatic heterocycles. The number of hydrogen-bond acceptors (Lipinski definition) is 7. The van der Waals surface area contributed by atoms with Crippen molar-refractivity contribution in [1.29, 1.82) is 0 Å². The topological polar surface area (TPSA) is 116 Å². The van der Waals surface area contributed by atoms with Crippen LogP contribution in [-0.2, 0) is 20.9 Å². The zero-order chi connectivity index (χ0) is 25.8. The molecule has 2 N–H and O–H groups in total. The molecule has 9 nitrogen and oxygen atoms in total. The minimum atomic E-state index is -0.718. The first-order chi connectivity index (χ1) is 18.0. The van der Waals surface area contributed by atoms with Crippen LogP contribution in [0.15, 0.2) is 81.3 Å². The van der Waals surface area contributed by atoms with Crippen molar-refractivity contribution in [1.82, 2.24) is 10.2 Å². The van der Waals surface area contributed by atoms with Gasteiger partial charge >= 0.3 is 0 Å². The first-order valence-electron chi connectivity index (χ1n) is 11.5. The van der Waals surface area contributed by atoms with E-state index in [0.717, 1.165) is 11.8 Å². The molecule has 2 aliphatic rings. The Hall–Kier alpha value is -4.25. The summed E-state index contributed by atoms with van der Waals surface area (Å²) in [6.07, 6.45) is 1.85. The Morgan fingerprint density at radius 3 is 2.62 bits per heavy atom. The number of carbonyl (C=O) groups excluding carboxylic acids is 3. The van der Waals surface area contributed by atoms with Crippen LogP contribution in [0, 0.1) is 5.82 Å². The molecule has 11 heteroatoms. The van der Waals surface area contributed by atoms with E-state index in [0.29, 0.717) is 33.7 Å². The third-order valence-electron chi connectivity index (χ3n) is 5.75. The first kappa shape index (κ1) is 24.4. The van der Waals surface area contributed by atoms with Gasteiger partial charge in [0.2, 0.25) is 11.8 Å². The third kappa shape index (κ3) is 5.61. The van der Waals surface area contributed by atoms with Crippen molar-refractivity contribution in [3.63, 3.8) is 0 Å². The smallest absolute Gasteiger partial charge is 0.270 e. The van der Waals surface area contributed by atoms with E-state index in [2.05, 4.69) is 15.6 Å². The van der Waals surface area contributed by atoms with Crippen LogP contribution >= 0.6 is 11.8 Å². The summed E-state index contributed by atoms with van der Waals surface area (Å²) in [7, 11) is 0. The van der Waals surface area contributed by atoms with E-state index in [-0.39, 0.29) is 42.9 Å². The number of benzene rings is 2. The van der Waals surface area contributed by atoms with Gasteiger partial charge in [-0.05, 0) is 55.0 Å². The Balaban J connectivity index is 1.28. The van der Waals surface area contributed by atoms with Gasteiger partial charge in [0.1, 0.15) is 23.5 Å². The number of amides is 3. The molecule has 1 unspecified atom stereocenters. The Labute approximate surface area is 215 Å². The molecule has 37 heavy (non-hydrogen) atoms. The molecule has 0 saturated heterocycles. The number of fused-ring (bicyclic) bond motifs is 3. The summed E-state index contributed by atoms with van der Waals surface area (Å²) < 4.78 is 18.4. The lowest BCUT2D eigenvalue weighted by atomic mass is 10.1. The van der Waals surface area contributed by atoms with E-state index in [1.165, 1.54) is 30.5 Å². The number of hydrogen-bond donors (Lipinski definition) is 2. The number of amidine groups is 2. The Morgan fingerprint density at radius 1 is 1.03 bits per heavy atom. The summed E-state index contributed by atoms with van der Waals surface area (Å²) in [4.78, 5) is 48.6. The predicted molar refractivity (Wildman–Crippen MR) is 138 cm³/mol. The Bertz CT molecular complexity index is 1390. The van der Waals surface area contributed by atoms with Crippen LogP contribution in [-0.4, -0.2) is 45.4 Å². The predicted octanol–water partition coefficient (Wildman–Crippen LogP) is 3.85. The van der Waals surface area contributed by atoms with E-state index >= 15 is 0 Å². The SMILES string of the molecule is O=C(CCC1C(=O)N=C2c3ccccc3N=C(SCC(=O)Nc3ccc(F)cc3)N21)NCc1ccco1. The number of nitrogens with one attached hydrogen (secondary N) is 2. The Morgan fingerprint density at radius 2 is 1.84 bits per heavy atom. The van der Waals surface area contributed by atoms with Gasteiger partial charge in [-0.3, -0.25) is 19.3 Å². The van der Waals surface area contributed by atoms with Crippen molar-refractivity contribution in [3.05, 3.63) is 84.1 Å². The number of aliphatic imine (C=N–C) groups is 2. The van der Waals surface area contributed by atoms with Gasteiger partial charge in [0.15, 0.2) is 5.17 Å². The molecule has 188 valence electrons. The van der Waals surface area contributed by atoms with Gasteiger partial charge in [0, 0.05) is 17.7 Å². The highest BCUT2D eigenvalue weighted by molar-refractivity contribution is 8.14. The van der Waals surface area contributed by atoms with Crippen molar-refractivity contribution in [2.24, 2.45) is 9.98 Å². The van der Waals surface area contributed by atoms with Crippen molar-refractivity contribution in [2.45, 2.75) is 25.4 Å². The molecule has 0 saturated carbocycles. The molecule has 0 spiro atoms. The van der Waals surface area contributed by atoms with Crippen LogP contribution in [0.2, 0.25) is 0 Å². The van der Waals surface area contributed by atoms with Gasteiger partial charge in [-0.2, -0.15) is 4.99 Å². The molecular weight excluding hydrogens is 497 g/mol. The van der Waals surface area contributed by atoms with Crippen LogP contribution in [0.1, 0.15) is 24.2 Å². The average molecular weight is 520 g/mol. The number of thioether (sulfide) groups is 1. The maximum Gasteiger partial charge on any atom is 0.270 e. The summed E-state index contributed by atoms with van der Waals surface area (Å²) in [5.74, 6) is -0.196. The molecule has 3 aromatic rings. The average Bonchev–Trinajstić information content (AvgIpc) is 3.54. The lowest BCUT2D eigenvalue weighted by Gasteiger charge is -2.31. The van der Waals surface area contributed by atoms with E-state index in [9.17, 15) is 18.8 Å². The quantitative estimate of drug-likeness (QED) is 0.467. The number of nitrogens with zero attached hydrogens (tertiary/aromatic N) is 3. The summed E-state index contributed by atoms with van der Waals surface area (Å²) in [5, 5.41) is 5.94. The van der Waals surface area contributed by atoms with Crippen LogP contribution in [0.3, 0.4) is 0 Å². The molecule has 1 aromatic heterocycles. The highest BCUT2D eigenvalue weighted by Gasteiger charge is 2.41. The van der Waals surface area contributed by atoms with Gasteiger partial charge in [-0.15, -0.1) is 0 Å². The van der Waals surface area contributed by atoms with Gasteiger partial charge in [0.05, 0.1) is 24.2 Å². The summed E-state index contributed by atoms with van der Waals surface area (Å²) in [6.45, 7) is 0.259. The molecule has 0 fully saturated rings. The maximum atomic E-state index is 13.1. The number of furan rings is 1.